The van der Waals surface area contributed by atoms with Crippen molar-refractivity contribution in [2.45, 2.75) is 24.7 Å². The monoisotopic (exact) mass is 448 g/mol. The van der Waals surface area contributed by atoms with Crippen molar-refractivity contribution in [3.05, 3.63) is 46.9 Å². The summed E-state index contributed by atoms with van der Waals surface area (Å²) >= 11 is 0. The quantitative estimate of drug-likeness (QED) is 0.746. The second kappa shape index (κ2) is 8.64. The van der Waals surface area contributed by atoms with E-state index in [1.54, 1.807) is 4.90 Å². The number of guanidine groups is 1. The zero-order valence-corrected chi connectivity index (χ0v) is 17.7. The number of benzene rings is 1. The number of hydrogen-bond donors (Lipinski definition) is 2. The van der Waals surface area contributed by atoms with Gasteiger partial charge in [0.05, 0.1) is 18.7 Å². The number of anilines is 1. The van der Waals surface area contributed by atoms with Crippen LogP contribution < -0.4 is 15.0 Å². The molecule has 1 saturated carbocycles. The molecule has 2 heterocycles. The molecule has 2 N–H and O–H groups in total. The molecule has 1 saturated heterocycles. The average Bonchev–Trinajstić information content (AvgIpc) is 3.60. The highest BCUT2D eigenvalue weighted by Gasteiger charge is 2.35. The van der Waals surface area contributed by atoms with Crippen LogP contribution in [0.1, 0.15) is 35.9 Å². The van der Waals surface area contributed by atoms with Crippen LogP contribution in [0.2, 0.25) is 0 Å². The number of carbonyl (C=O) groups is 1. The van der Waals surface area contributed by atoms with Crippen molar-refractivity contribution < 1.29 is 22.7 Å². The Balaban J connectivity index is 1.77. The Hall–Kier alpha value is -3.37. The number of nitrogens with zero attached hydrogens (tertiary/aromatic N) is 4. The van der Waals surface area contributed by atoms with Crippen LogP contribution >= 0.6 is 0 Å². The number of amides is 1. The fourth-order valence-corrected chi connectivity index (χ4v) is 3.69. The van der Waals surface area contributed by atoms with Gasteiger partial charge in [-0.1, -0.05) is 6.07 Å². The molecule has 1 aliphatic carbocycles. The number of aromatic nitrogens is 2. The molecule has 32 heavy (non-hydrogen) atoms. The molecule has 1 aromatic heterocycles. The van der Waals surface area contributed by atoms with Gasteiger partial charge in [0.25, 0.3) is 5.88 Å². The van der Waals surface area contributed by atoms with E-state index in [-0.39, 0.29) is 54.6 Å². The third-order valence-corrected chi connectivity index (χ3v) is 5.65. The fourth-order valence-electron chi connectivity index (χ4n) is 3.69. The number of ether oxygens (including phenoxy) is 1. The predicted molar refractivity (Wildman–Crippen MR) is 110 cm³/mol. The molecule has 2 fully saturated rings. The number of halogens is 3. The smallest absolute Gasteiger partial charge is 0.255 e. The predicted octanol–water partition coefficient (Wildman–Crippen LogP) is 2.37. The summed E-state index contributed by atoms with van der Waals surface area (Å²) in [5.74, 6) is -4.11. The van der Waals surface area contributed by atoms with Crippen molar-refractivity contribution in [3.63, 3.8) is 0 Å². The second-order valence-corrected chi connectivity index (χ2v) is 7.84. The highest BCUT2D eigenvalue weighted by molar-refractivity contribution is 5.98. The highest BCUT2D eigenvalue weighted by atomic mass is 19.1. The third kappa shape index (κ3) is 4.19. The number of methoxy groups -OCH3 is 1. The molecule has 1 aliphatic heterocycles. The summed E-state index contributed by atoms with van der Waals surface area (Å²) < 4.78 is 47.9. The fraction of sp³-hybridized carbons (Fsp3) is 0.429. The van der Waals surface area contributed by atoms with E-state index in [1.807, 2.05) is 0 Å². The summed E-state index contributed by atoms with van der Waals surface area (Å²) in [6.07, 6.45) is 1.61. The van der Waals surface area contributed by atoms with Crippen LogP contribution in [0.4, 0.5) is 19.1 Å². The van der Waals surface area contributed by atoms with Gasteiger partial charge in [0, 0.05) is 44.2 Å². The van der Waals surface area contributed by atoms with Crippen LogP contribution in [-0.4, -0.2) is 60.5 Å². The number of hydrogen-bond acceptors (Lipinski definition) is 6. The Morgan fingerprint density at radius 3 is 2.62 bits per heavy atom. The first-order valence-electron chi connectivity index (χ1n) is 10.2. The van der Waals surface area contributed by atoms with Crippen LogP contribution in [-0.2, 0) is 4.79 Å². The van der Waals surface area contributed by atoms with Gasteiger partial charge in [0.1, 0.15) is 11.6 Å². The number of rotatable bonds is 4. The minimum atomic E-state index is -1.08. The zero-order chi connectivity index (χ0) is 23.0. The first kappa shape index (κ1) is 21.8. The van der Waals surface area contributed by atoms with Gasteiger partial charge in [-0.15, -0.1) is 0 Å². The molecule has 0 bridgehead atoms. The summed E-state index contributed by atoms with van der Waals surface area (Å²) in [7, 11) is 2.72. The molecule has 2 aliphatic rings. The largest absolute Gasteiger partial charge is 0.479 e. The third-order valence-electron chi connectivity index (χ3n) is 5.65. The topological polar surface area (TPSA) is 94.4 Å². The van der Waals surface area contributed by atoms with Crippen molar-refractivity contribution in [3.8, 4) is 5.88 Å². The Bertz CT molecular complexity index is 1060. The lowest BCUT2D eigenvalue weighted by atomic mass is 9.96. The normalized spacial score (nSPS) is 19.8. The van der Waals surface area contributed by atoms with Crippen LogP contribution in [0.5, 0.6) is 5.88 Å². The van der Waals surface area contributed by atoms with Crippen molar-refractivity contribution in [1.29, 1.82) is 5.41 Å². The van der Waals surface area contributed by atoms with Gasteiger partial charge in [0.15, 0.2) is 5.96 Å². The molecule has 2 aromatic rings. The molecule has 11 heteroatoms. The molecule has 170 valence electrons. The molecule has 0 spiro atoms. The molecule has 0 radical (unpaired) electrons. The van der Waals surface area contributed by atoms with E-state index >= 15 is 0 Å². The molecular weight excluding hydrogens is 425 g/mol. The van der Waals surface area contributed by atoms with Gasteiger partial charge in [-0.25, -0.2) is 13.8 Å². The van der Waals surface area contributed by atoms with Crippen molar-refractivity contribution in [2.24, 2.45) is 0 Å². The van der Waals surface area contributed by atoms with E-state index < -0.39 is 29.3 Å². The SMILES string of the molecule is COc1nc(N2CCNC(=N)N(C)C(=O)[C@@H](c3ccc(F)cc3F)C2)nc(C2CC2)c1F. The second-order valence-electron chi connectivity index (χ2n) is 7.84. The first-order chi connectivity index (χ1) is 15.3. The minimum Gasteiger partial charge on any atom is -0.479 e. The van der Waals surface area contributed by atoms with E-state index in [0.717, 1.165) is 23.8 Å². The van der Waals surface area contributed by atoms with Crippen molar-refractivity contribution in [2.75, 3.05) is 38.7 Å². The Kier molecular flexibility index (Phi) is 5.90. The van der Waals surface area contributed by atoms with E-state index in [2.05, 4.69) is 15.3 Å². The minimum absolute atomic E-state index is 0.0144. The van der Waals surface area contributed by atoms with Gasteiger partial charge in [0.2, 0.25) is 17.7 Å². The molecule has 1 aromatic carbocycles. The van der Waals surface area contributed by atoms with E-state index in [0.29, 0.717) is 6.07 Å². The number of carbonyl (C=O) groups excluding carboxylic acids is 1. The van der Waals surface area contributed by atoms with E-state index in [9.17, 15) is 18.0 Å². The molecule has 0 unspecified atom stereocenters. The average molecular weight is 448 g/mol. The van der Waals surface area contributed by atoms with Crippen LogP contribution in [0, 0.1) is 22.9 Å². The maximum atomic E-state index is 14.7. The van der Waals surface area contributed by atoms with Gasteiger partial charge < -0.3 is 15.0 Å². The Morgan fingerprint density at radius 2 is 1.97 bits per heavy atom. The van der Waals surface area contributed by atoms with Gasteiger partial charge >= 0.3 is 0 Å². The van der Waals surface area contributed by atoms with Crippen LogP contribution in [0.25, 0.3) is 0 Å². The van der Waals surface area contributed by atoms with Gasteiger partial charge in [-0.3, -0.25) is 15.1 Å². The van der Waals surface area contributed by atoms with Gasteiger partial charge in [-0.05, 0) is 18.9 Å². The summed E-state index contributed by atoms with van der Waals surface area (Å²) in [5.41, 5.74) is 0.236. The van der Waals surface area contributed by atoms with Crippen molar-refractivity contribution in [1.82, 2.24) is 20.2 Å². The zero-order valence-electron chi connectivity index (χ0n) is 17.7. The molecule has 1 amide bonds. The summed E-state index contributed by atoms with van der Waals surface area (Å²) in [4.78, 5) is 24.4. The van der Waals surface area contributed by atoms with Crippen LogP contribution in [0.3, 0.4) is 0 Å². The number of nitrogens with one attached hydrogen (secondary N) is 2. The summed E-state index contributed by atoms with van der Waals surface area (Å²) in [5, 5.41) is 10.9. The Labute approximate surface area is 182 Å². The summed E-state index contributed by atoms with van der Waals surface area (Å²) in [6.45, 7) is 0.457. The van der Waals surface area contributed by atoms with Gasteiger partial charge in [-0.2, -0.15) is 9.37 Å². The standard InChI is InChI=1S/C21H23F3N6O2/c1-29-19(31)14(13-6-5-12(22)9-15(13)23)10-30(8-7-26-20(29)25)21-27-17(11-3-4-11)16(24)18(28-21)32-2/h5-6,9,11,14H,3-4,7-8,10H2,1-2H3,(H2,25,26)/t14-/m1/s1. The molecule has 4 rings (SSSR count). The lowest BCUT2D eigenvalue weighted by Gasteiger charge is -2.28. The lowest BCUT2D eigenvalue weighted by molar-refractivity contribution is -0.128. The first-order valence-corrected chi connectivity index (χ1v) is 10.2. The van der Waals surface area contributed by atoms with E-state index in [4.69, 9.17) is 10.1 Å². The van der Waals surface area contributed by atoms with Crippen LogP contribution in [0.15, 0.2) is 18.2 Å². The van der Waals surface area contributed by atoms with E-state index in [1.165, 1.54) is 20.2 Å². The maximum absolute atomic E-state index is 14.7. The van der Waals surface area contributed by atoms with Crippen molar-refractivity contribution >= 4 is 17.8 Å². The molecule has 8 nitrogen and oxygen atoms in total. The summed E-state index contributed by atoms with van der Waals surface area (Å²) in [6, 6.07) is 3.01. The molecular formula is C21H23F3N6O2. The Morgan fingerprint density at radius 1 is 1.22 bits per heavy atom. The maximum Gasteiger partial charge on any atom is 0.255 e. The number of likely N-dealkylation sites (N-methyl/N-ethyl adjacent to an activating group) is 1. The lowest BCUT2D eigenvalue weighted by Crippen LogP contribution is -2.44. The highest BCUT2D eigenvalue weighted by Crippen LogP contribution is 2.42. The molecule has 1 atom stereocenters.